The van der Waals surface area contributed by atoms with Crippen LogP contribution in [0, 0.1) is 5.41 Å². The van der Waals surface area contributed by atoms with Crippen molar-refractivity contribution in [2.45, 2.75) is 45.1 Å². The molecule has 1 unspecified atom stereocenters. The van der Waals surface area contributed by atoms with E-state index in [1.165, 1.54) is 0 Å². The molecule has 0 spiro atoms. The number of amides is 1. The summed E-state index contributed by atoms with van der Waals surface area (Å²) in [6, 6.07) is 0. The fraction of sp³-hybridized carbons (Fsp3) is 0.846. The molecule has 0 saturated carbocycles. The molecule has 0 aliphatic carbocycles. The van der Waals surface area contributed by atoms with Gasteiger partial charge in [0, 0.05) is 19.4 Å². The fourth-order valence-electron chi connectivity index (χ4n) is 2.18. The molecule has 1 saturated heterocycles. The van der Waals surface area contributed by atoms with Crippen molar-refractivity contribution in [1.29, 1.82) is 0 Å². The minimum atomic E-state index is -1.24. The van der Waals surface area contributed by atoms with E-state index in [2.05, 4.69) is 19.2 Å². The predicted octanol–water partition coefficient (Wildman–Crippen LogP) is 0.502. The van der Waals surface area contributed by atoms with Gasteiger partial charge in [-0.25, -0.2) is 4.79 Å². The van der Waals surface area contributed by atoms with E-state index in [0.717, 1.165) is 6.42 Å². The Bertz CT molecular complexity index is 336. The lowest BCUT2D eigenvalue weighted by Crippen LogP contribution is -2.55. The SMILES string of the molecule is CC(C)(CCN)CCC(=O)NC1(C(=O)O)CCOC1. The summed E-state index contributed by atoms with van der Waals surface area (Å²) in [6.45, 7) is 5.10. The maximum absolute atomic E-state index is 11.9. The maximum Gasteiger partial charge on any atom is 0.331 e. The number of hydrogen-bond acceptors (Lipinski definition) is 4. The van der Waals surface area contributed by atoms with Crippen LogP contribution >= 0.6 is 0 Å². The molecule has 0 aromatic carbocycles. The number of carbonyl (C=O) groups excluding carboxylic acids is 1. The Balaban J connectivity index is 2.48. The van der Waals surface area contributed by atoms with Crippen molar-refractivity contribution in [1.82, 2.24) is 5.32 Å². The third-order valence-electron chi connectivity index (χ3n) is 3.66. The minimum Gasteiger partial charge on any atom is -0.479 e. The first-order valence-electron chi connectivity index (χ1n) is 6.64. The Morgan fingerprint density at radius 1 is 1.42 bits per heavy atom. The molecule has 1 rings (SSSR count). The Morgan fingerprint density at radius 2 is 2.11 bits per heavy atom. The zero-order valence-electron chi connectivity index (χ0n) is 11.7. The summed E-state index contributed by atoms with van der Waals surface area (Å²) in [4.78, 5) is 23.1. The van der Waals surface area contributed by atoms with E-state index < -0.39 is 11.5 Å². The van der Waals surface area contributed by atoms with Crippen molar-refractivity contribution in [3.8, 4) is 0 Å². The molecule has 1 fully saturated rings. The van der Waals surface area contributed by atoms with Gasteiger partial charge in [0.15, 0.2) is 5.54 Å². The average Bonchev–Trinajstić information content (AvgIpc) is 2.76. The van der Waals surface area contributed by atoms with Crippen LogP contribution in [0.4, 0.5) is 0 Å². The predicted molar refractivity (Wildman–Crippen MR) is 70.6 cm³/mol. The molecule has 6 nitrogen and oxygen atoms in total. The number of ether oxygens (including phenoxy) is 1. The molecule has 110 valence electrons. The Labute approximate surface area is 113 Å². The van der Waals surface area contributed by atoms with Gasteiger partial charge in [-0.15, -0.1) is 0 Å². The van der Waals surface area contributed by atoms with Crippen molar-refractivity contribution in [2.24, 2.45) is 11.1 Å². The first-order valence-corrected chi connectivity index (χ1v) is 6.64. The second kappa shape index (κ2) is 6.34. The van der Waals surface area contributed by atoms with Crippen molar-refractivity contribution >= 4 is 11.9 Å². The number of carbonyl (C=O) groups is 2. The third-order valence-corrected chi connectivity index (χ3v) is 3.66. The molecule has 19 heavy (non-hydrogen) atoms. The fourth-order valence-corrected chi connectivity index (χ4v) is 2.18. The molecule has 0 bridgehead atoms. The van der Waals surface area contributed by atoms with Crippen molar-refractivity contribution in [2.75, 3.05) is 19.8 Å². The molecule has 0 aromatic rings. The summed E-state index contributed by atoms with van der Waals surface area (Å²) >= 11 is 0. The molecule has 4 N–H and O–H groups in total. The van der Waals surface area contributed by atoms with E-state index in [1.54, 1.807) is 0 Å². The van der Waals surface area contributed by atoms with E-state index >= 15 is 0 Å². The topological polar surface area (TPSA) is 102 Å². The third kappa shape index (κ3) is 4.47. The van der Waals surface area contributed by atoms with Gasteiger partial charge in [0.25, 0.3) is 0 Å². The van der Waals surface area contributed by atoms with Crippen molar-refractivity contribution in [3.05, 3.63) is 0 Å². The summed E-state index contributed by atoms with van der Waals surface area (Å²) < 4.78 is 5.09. The van der Waals surface area contributed by atoms with Gasteiger partial charge in [0.05, 0.1) is 6.61 Å². The molecule has 0 radical (unpaired) electrons. The van der Waals surface area contributed by atoms with Gasteiger partial charge in [-0.1, -0.05) is 13.8 Å². The highest BCUT2D eigenvalue weighted by Crippen LogP contribution is 2.26. The van der Waals surface area contributed by atoms with Gasteiger partial charge in [-0.05, 0) is 24.8 Å². The molecular weight excluding hydrogens is 248 g/mol. The Hall–Kier alpha value is -1.14. The van der Waals surface area contributed by atoms with Crippen LogP contribution in [-0.4, -0.2) is 42.3 Å². The lowest BCUT2D eigenvalue weighted by molar-refractivity contribution is -0.147. The van der Waals surface area contributed by atoms with Gasteiger partial charge in [0.1, 0.15) is 0 Å². The van der Waals surface area contributed by atoms with E-state index in [4.69, 9.17) is 10.5 Å². The molecule has 1 aliphatic heterocycles. The van der Waals surface area contributed by atoms with Crippen LogP contribution < -0.4 is 11.1 Å². The molecule has 1 amide bonds. The highest BCUT2D eigenvalue weighted by Gasteiger charge is 2.43. The van der Waals surface area contributed by atoms with Crippen LogP contribution in [-0.2, 0) is 14.3 Å². The first-order chi connectivity index (χ1) is 8.81. The second-order valence-corrected chi connectivity index (χ2v) is 5.94. The molecule has 1 heterocycles. The van der Waals surface area contributed by atoms with Crippen LogP contribution in [0.25, 0.3) is 0 Å². The molecule has 0 aromatic heterocycles. The largest absolute Gasteiger partial charge is 0.479 e. The summed E-state index contributed by atoms with van der Waals surface area (Å²) in [6.07, 6.45) is 2.16. The number of hydrogen-bond donors (Lipinski definition) is 3. The van der Waals surface area contributed by atoms with Crippen LogP contribution in [0.5, 0.6) is 0 Å². The standard InChI is InChI=1S/C13H24N2O4/c1-12(2,5-7-14)4-3-10(16)15-13(11(17)18)6-8-19-9-13/h3-9,14H2,1-2H3,(H,15,16)(H,17,18). The molecule has 1 atom stereocenters. The van der Waals surface area contributed by atoms with Crippen LogP contribution in [0.3, 0.4) is 0 Å². The number of rotatable bonds is 7. The smallest absolute Gasteiger partial charge is 0.331 e. The van der Waals surface area contributed by atoms with E-state index in [9.17, 15) is 14.7 Å². The summed E-state index contributed by atoms with van der Waals surface area (Å²) in [5, 5.41) is 11.8. The van der Waals surface area contributed by atoms with Gasteiger partial charge >= 0.3 is 5.97 Å². The summed E-state index contributed by atoms with van der Waals surface area (Å²) in [7, 11) is 0. The molecule has 6 heteroatoms. The highest BCUT2D eigenvalue weighted by atomic mass is 16.5. The number of carboxylic acid groups (broad SMARTS) is 1. The molecular formula is C13H24N2O4. The van der Waals surface area contributed by atoms with Crippen LogP contribution in [0.2, 0.25) is 0 Å². The van der Waals surface area contributed by atoms with E-state index in [0.29, 0.717) is 32.4 Å². The average molecular weight is 272 g/mol. The maximum atomic E-state index is 11.9. The normalized spacial score (nSPS) is 23.3. The minimum absolute atomic E-state index is 0.00530. The molecule has 1 aliphatic rings. The van der Waals surface area contributed by atoms with E-state index in [-0.39, 0.29) is 17.9 Å². The second-order valence-electron chi connectivity index (χ2n) is 5.94. The Kier molecular flexibility index (Phi) is 5.31. The zero-order chi connectivity index (χ0) is 14.5. The summed E-state index contributed by atoms with van der Waals surface area (Å²) in [5.41, 5.74) is 4.27. The quantitative estimate of drug-likeness (QED) is 0.626. The van der Waals surface area contributed by atoms with Gasteiger partial charge in [0.2, 0.25) is 5.91 Å². The van der Waals surface area contributed by atoms with Crippen molar-refractivity contribution in [3.63, 3.8) is 0 Å². The van der Waals surface area contributed by atoms with Gasteiger partial charge < -0.3 is 20.9 Å². The number of nitrogens with one attached hydrogen (secondary N) is 1. The highest BCUT2D eigenvalue weighted by molar-refractivity contribution is 5.87. The lowest BCUT2D eigenvalue weighted by atomic mass is 9.84. The van der Waals surface area contributed by atoms with Gasteiger partial charge in [-0.3, -0.25) is 4.79 Å². The number of aliphatic carboxylic acids is 1. The van der Waals surface area contributed by atoms with Crippen LogP contribution in [0.15, 0.2) is 0 Å². The van der Waals surface area contributed by atoms with Crippen LogP contribution in [0.1, 0.15) is 39.5 Å². The summed E-state index contributed by atoms with van der Waals surface area (Å²) in [5.74, 6) is -1.27. The zero-order valence-corrected chi connectivity index (χ0v) is 11.7. The van der Waals surface area contributed by atoms with Crippen molar-refractivity contribution < 1.29 is 19.4 Å². The lowest BCUT2D eigenvalue weighted by Gasteiger charge is -2.26. The number of carboxylic acids is 1. The first kappa shape index (κ1) is 15.9. The Morgan fingerprint density at radius 3 is 2.58 bits per heavy atom. The monoisotopic (exact) mass is 272 g/mol. The number of nitrogens with two attached hydrogens (primary N) is 1. The van der Waals surface area contributed by atoms with Gasteiger partial charge in [-0.2, -0.15) is 0 Å². The van der Waals surface area contributed by atoms with E-state index in [1.807, 2.05) is 0 Å².